The number of nitrogens with one attached hydrogen (secondary N) is 2. The van der Waals surface area contributed by atoms with Crippen LogP contribution in [0.15, 0.2) is 77.6 Å². The number of methoxy groups -OCH3 is 1. The number of thiocarbonyl (C=S) groups is 1. The van der Waals surface area contributed by atoms with Crippen LogP contribution < -0.4 is 15.6 Å². The van der Waals surface area contributed by atoms with Gasteiger partial charge in [-0.2, -0.15) is 0 Å². The molecule has 2 N–H and O–H groups in total. The van der Waals surface area contributed by atoms with Crippen LogP contribution in [0.25, 0.3) is 10.9 Å². The zero-order valence-electron chi connectivity index (χ0n) is 18.4. The van der Waals surface area contributed by atoms with E-state index in [1.54, 1.807) is 19.2 Å². The summed E-state index contributed by atoms with van der Waals surface area (Å²) in [5, 5.41) is 4.63. The van der Waals surface area contributed by atoms with Gasteiger partial charge in [-0.05, 0) is 84.2 Å². The quantitative estimate of drug-likeness (QED) is 0.378. The van der Waals surface area contributed by atoms with Crippen molar-refractivity contribution in [3.05, 3.63) is 106 Å². The molecule has 0 unspecified atom stereocenters. The molecule has 0 saturated carbocycles. The highest BCUT2D eigenvalue weighted by atomic mass is 32.1. The minimum Gasteiger partial charge on any atom is -0.497 e. The Kier molecular flexibility index (Phi) is 6.70. The molecular formula is C26H24FN3O2S. The Bertz CT molecular complexity index is 1330. The summed E-state index contributed by atoms with van der Waals surface area (Å²) in [6, 6.07) is 21.5. The summed E-state index contributed by atoms with van der Waals surface area (Å²) in [5.74, 6) is 0.443. The largest absolute Gasteiger partial charge is 0.497 e. The first-order chi connectivity index (χ1) is 15.9. The number of aromatic nitrogens is 1. The average molecular weight is 462 g/mol. The van der Waals surface area contributed by atoms with E-state index >= 15 is 0 Å². The normalized spacial score (nSPS) is 10.8. The van der Waals surface area contributed by atoms with Crippen LogP contribution in [0, 0.1) is 12.7 Å². The smallest absolute Gasteiger partial charge is 0.253 e. The number of aromatic amines is 1. The maximum absolute atomic E-state index is 13.4. The van der Waals surface area contributed by atoms with E-state index in [2.05, 4.69) is 10.3 Å². The zero-order valence-corrected chi connectivity index (χ0v) is 19.2. The van der Waals surface area contributed by atoms with Gasteiger partial charge in [-0.1, -0.05) is 24.3 Å². The number of H-pyrrole nitrogens is 1. The van der Waals surface area contributed by atoms with E-state index in [1.165, 1.54) is 12.1 Å². The van der Waals surface area contributed by atoms with Crippen LogP contribution in [0.2, 0.25) is 0 Å². The third-order valence-electron chi connectivity index (χ3n) is 5.35. The zero-order chi connectivity index (χ0) is 23.4. The van der Waals surface area contributed by atoms with Gasteiger partial charge in [0.05, 0.1) is 13.7 Å². The summed E-state index contributed by atoms with van der Waals surface area (Å²) in [6.07, 6.45) is 0. The molecule has 0 saturated heterocycles. The molecule has 7 heteroatoms. The molecule has 1 aromatic heterocycles. The lowest BCUT2D eigenvalue weighted by atomic mass is 10.1. The highest BCUT2D eigenvalue weighted by Crippen LogP contribution is 2.18. The number of aryl methyl sites for hydroxylation is 1. The molecule has 0 aliphatic rings. The van der Waals surface area contributed by atoms with Gasteiger partial charge in [0.1, 0.15) is 11.6 Å². The summed E-state index contributed by atoms with van der Waals surface area (Å²) in [5.41, 5.74) is 3.98. The monoisotopic (exact) mass is 461 g/mol. The number of benzene rings is 3. The molecule has 168 valence electrons. The standard InChI is InChI=1S/C26H24FN3O2S/c1-17-3-6-19-14-20(25(31)29-24(19)13-17)16-30(15-18-4-7-21(27)8-5-18)26(33)28-22-9-11-23(32-2)12-10-22/h3-14H,15-16H2,1-2H3,(H,28,33)(H,29,31). The molecular weight excluding hydrogens is 437 g/mol. The Morgan fingerprint density at radius 3 is 2.45 bits per heavy atom. The van der Waals surface area contributed by atoms with Gasteiger partial charge < -0.3 is 19.9 Å². The number of rotatable bonds is 6. The number of nitrogens with zero attached hydrogens (tertiary/aromatic N) is 1. The van der Waals surface area contributed by atoms with Gasteiger partial charge in [-0.3, -0.25) is 4.79 Å². The van der Waals surface area contributed by atoms with Crippen LogP contribution in [0.1, 0.15) is 16.7 Å². The Labute approximate surface area is 196 Å². The van der Waals surface area contributed by atoms with Gasteiger partial charge in [0.15, 0.2) is 5.11 Å². The third-order valence-corrected chi connectivity index (χ3v) is 5.72. The fourth-order valence-electron chi connectivity index (χ4n) is 3.57. The van der Waals surface area contributed by atoms with Gasteiger partial charge in [-0.25, -0.2) is 4.39 Å². The fraction of sp³-hybridized carbons (Fsp3) is 0.154. The topological polar surface area (TPSA) is 57.4 Å². The molecule has 5 nitrogen and oxygen atoms in total. The number of pyridine rings is 1. The van der Waals surface area contributed by atoms with Crippen LogP contribution in [0.4, 0.5) is 10.1 Å². The number of halogens is 1. The molecule has 4 rings (SSSR count). The minimum atomic E-state index is -0.300. The lowest BCUT2D eigenvalue weighted by molar-refractivity contribution is 0.410. The summed E-state index contributed by atoms with van der Waals surface area (Å²) in [7, 11) is 1.61. The molecule has 0 aliphatic heterocycles. The van der Waals surface area contributed by atoms with E-state index in [0.29, 0.717) is 23.8 Å². The van der Waals surface area contributed by atoms with Crippen molar-refractivity contribution in [3.8, 4) is 5.75 Å². The fourth-order valence-corrected chi connectivity index (χ4v) is 3.82. The molecule has 0 spiro atoms. The highest BCUT2D eigenvalue weighted by molar-refractivity contribution is 7.80. The van der Waals surface area contributed by atoms with Crippen molar-refractivity contribution in [3.63, 3.8) is 0 Å². The first-order valence-corrected chi connectivity index (χ1v) is 10.9. The first kappa shape index (κ1) is 22.5. The van der Waals surface area contributed by atoms with E-state index in [0.717, 1.165) is 33.5 Å². The molecule has 0 bridgehead atoms. The van der Waals surface area contributed by atoms with E-state index in [9.17, 15) is 9.18 Å². The Morgan fingerprint density at radius 2 is 1.76 bits per heavy atom. The highest BCUT2D eigenvalue weighted by Gasteiger charge is 2.15. The Morgan fingerprint density at radius 1 is 1.03 bits per heavy atom. The lowest BCUT2D eigenvalue weighted by Gasteiger charge is -2.26. The molecule has 0 fully saturated rings. The number of hydrogen-bond donors (Lipinski definition) is 2. The summed E-state index contributed by atoms with van der Waals surface area (Å²) >= 11 is 5.70. The second-order valence-corrected chi connectivity index (χ2v) is 8.24. The van der Waals surface area contributed by atoms with Crippen molar-refractivity contribution in [2.45, 2.75) is 20.0 Å². The summed E-state index contributed by atoms with van der Waals surface area (Å²) < 4.78 is 18.6. The van der Waals surface area contributed by atoms with Crippen LogP contribution in [-0.4, -0.2) is 22.1 Å². The average Bonchev–Trinajstić information content (AvgIpc) is 2.81. The second kappa shape index (κ2) is 9.83. The molecule has 1 heterocycles. The molecule has 0 radical (unpaired) electrons. The van der Waals surface area contributed by atoms with E-state index in [-0.39, 0.29) is 11.4 Å². The maximum atomic E-state index is 13.4. The van der Waals surface area contributed by atoms with Gasteiger partial charge in [0.25, 0.3) is 5.56 Å². The second-order valence-electron chi connectivity index (χ2n) is 7.86. The summed E-state index contributed by atoms with van der Waals surface area (Å²) in [4.78, 5) is 17.7. The van der Waals surface area contributed by atoms with Gasteiger partial charge in [-0.15, -0.1) is 0 Å². The maximum Gasteiger partial charge on any atom is 0.253 e. The predicted molar refractivity (Wildman–Crippen MR) is 134 cm³/mol. The predicted octanol–water partition coefficient (Wildman–Crippen LogP) is 5.38. The van der Waals surface area contributed by atoms with E-state index in [4.69, 9.17) is 17.0 Å². The van der Waals surface area contributed by atoms with Gasteiger partial charge in [0.2, 0.25) is 0 Å². The van der Waals surface area contributed by atoms with Crippen molar-refractivity contribution in [2.75, 3.05) is 12.4 Å². The molecule has 0 atom stereocenters. The molecule has 33 heavy (non-hydrogen) atoms. The number of anilines is 1. The van der Waals surface area contributed by atoms with E-state index < -0.39 is 0 Å². The van der Waals surface area contributed by atoms with Crippen molar-refractivity contribution >= 4 is 33.9 Å². The molecule has 3 aromatic carbocycles. The van der Waals surface area contributed by atoms with Crippen molar-refractivity contribution < 1.29 is 9.13 Å². The van der Waals surface area contributed by atoms with Crippen molar-refractivity contribution in [2.24, 2.45) is 0 Å². The van der Waals surface area contributed by atoms with Crippen LogP contribution in [0.5, 0.6) is 5.75 Å². The van der Waals surface area contributed by atoms with Gasteiger partial charge in [0, 0.05) is 23.3 Å². The number of fused-ring (bicyclic) bond motifs is 1. The van der Waals surface area contributed by atoms with E-state index in [1.807, 2.05) is 60.4 Å². The van der Waals surface area contributed by atoms with Gasteiger partial charge >= 0.3 is 0 Å². The molecule has 4 aromatic rings. The number of ether oxygens (including phenoxy) is 1. The Hall–Kier alpha value is -3.71. The Balaban J connectivity index is 1.62. The van der Waals surface area contributed by atoms with Crippen molar-refractivity contribution in [1.29, 1.82) is 0 Å². The SMILES string of the molecule is COc1ccc(NC(=S)N(Cc2ccc(F)cc2)Cc2cc3ccc(C)cc3[nH]c2=O)cc1. The van der Waals surface area contributed by atoms with Crippen molar-refractivity contribution in [1.82, 2.24) is 9.88 Å². The first-order valence-electron chi connectivity index (χ1n) is 10.5. The molecule has 0 aliphatic carbocycles. The number of hydrogen-bond acceptors (Lipinski definition) is 3. The minimum absolute atomic E-state index is 0.163. The molecule has 0 amide bonds. The van der Waals surface area contributed by atoms with Crippen LogP contribution in [-0.2, 0) is 13.1 Å². The lowest BCUT2D eigenvalue weighted by Crippen LogP contribution is -2.35. The van der Waals surface area contributed by atoms with Crippen LogP contribution >= 0.6 is 12.2 Å². The third kappa shape index (κ3) is 5.56. The van der Waals surface area contributed by atoms with Crippen LogP contribution in [0.3, 0.4) is 0 Å². The summed E-state index contributed by atoms with van der Waals surface area (Å²) in [6.45, 7) is 2.69.